The van der Waals surface area contributed by atoms with Gasteiger partial charge >= 0.3 is 73.5 Å². The van der Waals surface area contributed by atoms with Crippen LogP contribution in [0.5, 0.6) is 17.4 Å². The fraction of sp³-hybridized carbons (Fsp3) is 0.365. The lowest BCUT2D eigenvalue weighted by molar-refractivity contribution is -0.144. The number of aliphatic hydroxyl groups excluding tert-OH is 1. The Morgan fingerprint density at radius 2 is 0.819 bits per heavy atom. The van der Waals surface area contributed by atoms with Gasteiger partial charge < -0.3 is 43.7 Å². The van der Waals surface area contributed by atoms with Crippen molar-refractivity contribution >= 4 is 30.2 Å². The van der Waals surface area contributed by atoms with Crippen LogP contribution in [0.3, 0.4) is 0 Å². The first-order valence-electron chi connectivity index (χ1n) is 42.5. The van der Waals surface area contributed by atoms with Crippen LogP contribution in [-0.2, 0) is 88.3 Å². The molecule has 21 nitrogen and oxygen atoms in total. The van der Waals surface area contributed by atoms with E-state index < -0.39 is 172 Å². The molecule has 3 saturated heterocycles. The van der Waals surface area contributed by atoms with Crippen molar-refractivity contribution in [1.82, 2.24) is 34.6 Å². The van der Waals surface area contributed by atoms with Crippen LogP contribution in [0, 0.1) is 26.7 Å². The number of methoxy groups -OCH3 is 3. The molecule has 730 valence electrons. The molecule has 3 spiro atoms. The molecular weight excluding hydrogens is 1870 g/mol. The molecule has 10 aromatic rings. The van der Waals surface area contributed by atoms with Crippen molar-refractivity contribution in [2.45, 2.75) is 189 Å². The van der Waals surface area contributed by atoms with Crippen LogP contribution in [0.4, 0.5) is 107 Å². The highest BCUT2D eigenvalue weighted by atomic mass is 19.4. The number of pyridine rings is 4. The molecule has 7 heterocycles. The zero-order valence-corrected chi connectivity index (χ0v) is 73.2. The van der Waals surface area contributed by atoms with Crippen molar-refractivity contribution in [3.05, 3.63) is 264 Å². The van der Waals surface area contributed by atoms with E-state index in [9.17, 15) is 126 Å². The highest BCUT2D eigenvalue weighted by molar-refractivity contribution is 5.90. The number of carbonyl (C=O) groups is 5. The molecule has 17 rings (SSSR count). The smallest absolute Gasteiger partial charge is 0.433 e. The zero-order chi connectivity index (χ0) is 100. The molecule has 4 saturated carbocycles. The number of amides is 3. The second-order valence-corrected chi connectivity index (χ2v) is 34.7. The van der Waals surface area contributed by atoms with E-state index in [4.69, 9.17) is 38.5 Å². The summed E-state index contributed by atoms with van der Waals surface area (Å²) in [6, 6.07) is 29.5. The van der Waals surface area contributed by atoms with Gasteiger partial charge in [0, 0.05) is 63.9 Å². The number of nitrogens with zero attached hydrogens (tertiary/aromatic N) is 7. The fourth-order valence-corrected chi connectivity index (χ4v) is 18.2. The summed E-state index contributed by atoms with van der Waals surface area (Å²) in [6.07, 6.45) is -37.3. The number of halogens is 21. The number of carboxylic acids is 2. The van der Waals surface area contributed by atoms with Crippen molar-refractivity contribution in [2.24, 2.45) is 5.92 Å². The number of benzene rings is 6. The number of aliphatic carboxylic acids is 1. The van der Waals surface area contributed by atoms with Gasteiger partial charge in [0.15, 0.2) is 18.3 Å². The van der Waals surface area contributed by atoms with Gasteiger partial charge in [0.25, 0.3) is 0 Å². The summed E-state index contributed by atoms with van der Waals surface area (Å²) in [4.78, 5) is 82.6. The van der Waals surface area contributed by atoms with E-state index in [2.05, 4.69) is 27.1 Å². The highest BCUT2D eigenvalue weighted by Crippen LogP contribution is 2.62. The van der Waals surface area contributed by atoms with Gasteiger partial charge in [-0.05, 0) is 239 Å². The first-order chi connectivity index (χ1) is 64.6. The Balaban J connectivity index is 0.000000158. The molecule has 0 radical (unpaired) electrons. The van der Waals surface area contributed by atoms with Crippen LogP contribution in [-0.4, -0.2) is 125 Å². The summed E-state index contributed by atoms with van der Waals surface area (Å²) in [6.45, 7) is 4.16. The predicted octanol–water partition coefficient (Wildman–Crippen LogP) is 24.3. The maximum atomic E-state index is 13.9. The SMILES string of the molecule is COc1ccc(C2CC(CO)C2)cc1-c1ccc(C)nc1CN1C(=O)O[C@H](c2cc(C)cc(C(F)(F)F)c2)C12CC2.COc1ccc(CCC(=O)O)cc1-c1ccc(C(F)(F)F)nc1CN1C(=O)O[C@H](c2cc(C(F)(F)F)cc(C(F)(F)F)c2)C12CC2.COc1ncc(-c2ccc(C(=O)O)cc2C)cc1-c1ccc(C(F)(F)F)nc1CN1C(=O)O[C@H](c2cc(C(F)(F)F)cc(C(F)(F)F)c2)C12CC2. The summed E-state index contributed by atoms with van der Waals surface area (Å²) >= 11 is 0. The summed E-state index contributed by atoms with van der Waals surface area (Å²) in [5, 5.41) is 27.9. The number of aromatic nitrogens is 4. The molecule has 0 unspecified atom stereocenters. The quantitative estimate of drug-likeness (QED) is 0.0420. The normalized spacial score (nSPS) is 19.1. The second kappa shape index (κ2) is 36.5. The molecule has 3 N–H and O–H groups in total. The molecule has 7 fully saturated rings. The van der Waals surface area contributed by atoms with Crippen molar-refractivity contribution in [2.75, 3.05) is 27.9 Å². The van der Waals surface area contributed by atoms with Gasteiger partial charge in [0.1, 0.15) is 22.9 Å². The maximum Gasteiger partial charge on any atom is 0.433 e. The Morgan fingerprint density at radius 3 is 1.21 bits per heavy atom. The number of hydrogen-bond donors (Lipinski definition) is 3. The number of aryl methyl sites for hydroxylation is 4. The molecule has 3 aliphatic heterocycles. The van der Waals surface area contributed by atoms with E-state index in [1.807, 2.05) is 25.1 Å². The Bertz CT molecular complexity index is 6370. The molecule has 7 aliphatic rings. The molecule has 3 atom stereocenters. The van der Waals surface area contributed by atoms with Crippen LogP contribution in [0.2, 0.25) is 0 Å². The molecule has 3 amide bonds. The number of cyclic esters (lactones) is 3. The van der Waals surface area contributed by atoms with Gasteiger partial charge in [-0.25, -0.2) is 34.1 Å². The van der Waals surface area contributed by atoms with E-state index in [0.29, 0.717) is 106 Å². The van der Waals surface area contributed by atoms with E-state index in [1.165, 1.54) is 56.8 Å². The third-order valence-corrected chi connectivity index (χ3v) is 25.6. The summed E-state index contributed by atoms with van der Waals surface area (Å²) < 4.78 is 320. The fourth-order valence-electron chi connectivity index (χ4n) is 18.2. The number of carboxylic acid groups (broad SMARTS) is 2. The van der Waals surface area contributed by atoms with Crippen LogP contribution in [0.25, 0.3) is 44.5 Å². The van der Waals surface area contributed by atoms with Crippen LogP contribution < -0.4 is 14.2 Å². The number of carbonyl (C=O) groups excluding carboxylic acids is 3. The standard InChI is InChI=1S/C34H24F9N3O5.C32H33F3N2O4.C30H23F9N2O5/c1-16-9-17(29(47)48)3-4-22(16)19-12-24(28(50-2)44-14-19)23-5-6-26(34(41,42)43)45-25(23)15-46-30(49)51-27(31(46)7-8-31)18-10-20(32(35,36)37)13-21(11-18)33(38,39)40;1-18-10-23(14-24(11-18)32(33,34)35)29-31(8-9-31)37(30(39)41-29)16-27-25(6-4-19(2)36-27)26-15-21(5-7-28(26)40-3)22-12-20(13-22)17-38;1-45-22-5-2-15(3-7-24(42)43)10-20(22)19-4-6-23(30(37,38)39)40-21(19)14-41-26(44)46-25(27(41)8-9-27)16-11-17(28(31,32)33)13-18(12-16)29(34,35)36/h3-6,9-14,27H,7-8,15H2,1-2H3,(H,47,48);4-7,10-11,14-15,20,22,29,38H,8-9,12-13,16-17H2,1-3H3;2,4-6,10-13,25H,3,7-9,14H2,1H3,(H,42,43)/t27-;20?,22?,29-;25-/m111/s1. The van der Waals surface area contributed by atoms with E-state index in [-0.39, 0.29) is 115 Å². The molecule has 0 bridgehead atoms. The number of rotatable bonds is 22. The largest absolute Gasteiger partial charge is 0.496 e. The minimum absolute atomic E-state index is 0.0109. The number of alkyl halides is 21. The third kappa shape index (κ3) is 20.2. The lowest BCUT2D eigenvalue weighted by Gasteiger charge is -2.34. The molecular formula is C96H80F21N7O14. The molecule has 4 aliphatic carbocycles. The first kappa shape index (κ1) is 99.1. The number of aromatic carboxylic acids is 1. The third-order valence-electron chi connectivity index (χ3n) is 25.6. The van der Waals surface area contributed by atoms with Crippen LogP contribution >= 0.6 is 0 Å². The highest BCUT2D eigenvalue weighted by Gasteiger charge is 2.67. The summed E-state index contributed by atoms with van der Waals surface area (Å²) in [5.74, 6) is -0.772. The Hall–Kier alpha value is -13.4. The van der Waals surface area contributed by atoms with Crippen molar-refractivity contribution in [1.29, 1.82) is 0 Å². The summed E-state index contributed by atoms with van der Waals surface area (Å²) in [7, 11) is 4.16. The van der Waals surface area contributed by atoms with Gasteiger partial charge in [-0.1, -0.05) is 48.0 Å². The Kier molecular flexibility index (Phi) is 26.2. The molecule has 138 heavy (non-hydrogen) atoms. The average Bonchev–Trinajstić information content (AvgIpc) is 1.55. The molecule has 6 aromatic carbocycles. The van der Waals surface area contributed by atoms with Crippen molar-refractivity contribution in [3.8, 4) is 61.9 Å². The topological polar surface area (TPSA) is 263 Å². The van der Waals surface area contributed by atoms with Gasteiger partial charge in [0.05, 0.1) is 108 Å². The minimum atomic E-state index is -5.18. The van der Waals surface area contributed by atoms with E-state index in [1.54, 1.807) is 38.0 Å². The monoisotopic (exact) mass is 1950 g/mol. The second-order valence-electron chi connectivity index (χ2n) is 34.7. The van der Waals surface area contributed by atoms with Gasteiger partial charge in [0.2, 0.25) is 5.88 Å². The maximum absolute atomic E-state index is 13.9. The number of ether oxygens (including phenoxy) is 6. The van der Waals surface area contributed by atoms with Crippen molar-refractivity contribution < 1.29 is 160 Å². The summed E-state index contributed by atoms with van der Waals surface area (Å²) in [5.41, 5.74) is -7.81. The Labute approximate surface area is 770 Å². The van der Waals surface area contributed by atoms with E-state index >= 15 is 0 Å². The number of aliphatic hydroxyl groups is 1. The lowest BCUT2D eigenvalue weighted by Crippen LogP contribution is -2.36. The predicted molar refractivity (Wildman–Crippen MR) is 446 cm³/mol. The van der Waals surface area contributed by atoms with Crippen LogP contribution in [0.15, 0.2) is 158 Å². The molecule has 42 heteroatoms. The van der Waals surface area contributed by atoms with Crippen molar-refractivity contribution in [3.63, 3.8) is 0 Å². The van der Waals surface area contributed by atoms with Gasteiger partial charge in [-0.3, -0.25) is 24.5 Å². The number of hydrogen-bond acceptors (Lipinski definition) is 16. The zero-order valence-electron chi connectivity index (χ0n) is 73.2. The Morgan fingerprint density at radius 1 is 0.420 bits per heavy atom. The molecule has 4 aromatic heterocycles. The lowest BCUT2D eigenvalue weighted by atomic mass is 9.71. The van der Waals surface area contributed by atoms with Gasteiger partial charge in [-0.15, -0.1) is 0 Å². The van der Waals surface area contributed by atoms with Crippen LogP contribution in [0.1, 0.15) is 193 Å². The van der Waals surface area contributed by atoms with E-state index in [0.717, 1.165) is 69.3 Å². The minimum Gasteiger partial charge on any atom is -0.496 e. The first-order valence-corrected chi connectivity index (χ1v) is 42.5. The van der Waals surface area contributed by atoms with Gasteiger partial charge in [-0.2, -0.15) is 92.2 Å². The average molecular weight is 1950 g/mol.